The third kappa shape index (κ3) is 6.35. The van der Waals surface area contributed by atoms with E-state index in [1.165, 1.54) is 12.1 Å². The molecule has 6 nitrogen and oxygen atoms in total. The fourth-order valence-corrected chi connectivity index (χ4v) is 5.16. The predicted octanol–water partition coefficient (Wildman–Crippen LogP) is 3.69. The molecule has 0 spiro atoms. The molecule has 1 aliphatic rings. The Morgan fingerprint density at radius 3 is 2.26 bits per heavy atom. The van der Waals surface area contributed by atoms with Gasteiger partial charge in [-0.05, 0) is 68.0 Å². The molecule has 31 heavy (non-hydrogen) atoms. The zero-order valence-electron chi connectivity index (χ0n) is 17.8. The Hall–Kier alpha value is -2.29. The maximum atomic E-state index is 13.1. The van der Waals surface area contributed by atoms with Crippen LogP contribution in [-0.2, 0) is 26.2 Å². The van der Waals surface area contributed by atoms with Gasteiger partial charge in [0.1, 0.15) is 5.82 Å². The van der Waals surface area contributed by atoms with Crippen LogP contribution in [0, 0.1) is 11.7 Å². The third-order valence-corrected chi connectivity index (χ3v) is 7.23. The van der Waals surface area contributed by atoms with Crippen molar-refractivity contribution in [1.29, 1.82) is 0 Å². The smallest absolute Gasteiger partial charge is 0.240 e. The van der Waals surface area contributed by atoms with Gasteiger partial charge in [0.05, 0.1) is 17.5 Å². The number of carbonyl (C=O) groups is 1. The molecule has 0 aromatic heterocycles. The summed E-state index contributed by atoms with van der Waals surface area (Å²) < 4.78 is 46.2. The maximum Gasteiger partial charge on any atom is 0.240 e. The fraction of sp³-hybridized carbons (Fsp3) is 0.435. The Balaban J connectivity index is 1.50. The summed E-state index contributed by atoms with van der Waals surface area (Å²) >= 11 is 0. The fourth-order valence-electron chi connectivity index (χ4n) is 3.86. The van der Waals surface area contributed by atoms with Gasteiger partial charge >= 0.3 is 0 Å². The predicted molar refractivity (Wildman–Crippen MR) is 116 cm³/mol. The van der Waals surface area contributed by atoms with Crippen LogP contribution >= 0.6 is 0 Å². The van der Waals surface area contributed by atoms with Crippen LogP contribution in [0.3, 0.4) is 0 Å². The minimum atomic E-state index is -3.61. The van der Waals surface area contributed by atoms with E-state index < -0.39 is 10.0 Å². The van der Waals surface area contributed by atoms with Gasteiger partial charge in [0.2, 0.25) is 15.9 Å². The zero-order chi connectivity index (χ0) is 22.4. The number of hydrogen-bond donors (Lipinski definition) is 2. The quantitative estimate of drug-likeness (QED) is 0.645. The molecule has 0 unspecified atom stereocenters. The van der Waals surface area contributed by atoms with Crippen molar-refractivity contribution in [2.24, 2.45) is 5.92 Å². The SMILES string of the molecule is COCc1ccc(S(=O)(=O)N[C@H]2CC[C@H](C(=O)N[C@H](C)c3ccc(F)cc3)CC2)cc1. The van der Waals surface area contributed by atoms with E-state index in [0.29, 0.717) is 32.3 Å². The van der Waals surface area contributed by atoms with Crippen molar-refractivity contribution in [2.75, 3.05) is 7.11 Å². The average Bonchev–Trinajstić information content (AvgIpc) is 2.75. The zero-order valence-corrected chi connectivity index (χ0v) is 18.6. The molecule has 2 aromatic carbocycles. The first-order chi connectivity index (χ1) is 14.8. The second-order valence-corrected chi connectivity index (χ2v) is 9.74. The third-order valence-electron chi connectivity index (χ3n) is 5.69. The van der Waals surface area contributed by atoms with E-state index in [1.54, 1.807) is 43.5 Å². The summed E-state index contributed by atoms with van der Waals surface area (Å²) in [5.74, 6) is -0.516. The molecule has 2 N–H and O–H groups in total. The number of methoxy groups -OCH3 is 1. The lowest BCUT2D eigenvalue weighted by Gasteiger charge is -2.29. The van der Waals surface area contributed by atoms with Gasteiger partial charge in [-0.3, -0.25) is 4.79 Å². The molecular formula is C23H29FN2O4S. The summed E-state index contributed by atoms with van der Waals surface area (Å²) in [4.78, 5) is 12.8. The van der Waals surface area contributed by atoms with Crippen molar-refractivity contribution < 1.29 is 22.3 Å². The second-order valence-electron chi connectivity index (χ2n) is 8.03. The van der Waals surface area contributed by atoms with Gasteiger partial charge < -0.3 is 10.1 Å². The number of benzene rings is 2. The number of sulfonamides is 1. The molecule has 0 radical (unpaired) electrons. The topological polar surface area (TPSA) is 84.5 Å². The molecule has 0 heterocycles. The van der Waals surface area contributed by atoms with Crippen molar-refractivity contribution in [3.8, 4) is 0 Å². The van der Waals surface area contributed by atoms with E-state index in [0.717, 1.165) is 11.1 Å². The van der Waals surface area contributed by atoms with E-state index in [1.807, 2.05) is 6.92 Å². The minimum absolute atomic E-state index is 0.0492. The summed E-state index contributed by atoms with van der Waals surface area (Å²) in [7, 11) is -2.02. The Morgan fingerprint density at radius 2 is 1.68 bits per heavy atom. The van der Waals surface area contributed by atoms with E-state index in [-0.39, 0.29) is 34.6 Å². The lowest BCUT2D eigenvalue weighted by molar-refractivity contribution is -0.126. The Morgan fingerprint density at radius 1 is 1.06 bits per heavy atom. The van der Waals surface area contributed by atoms with Crippen molar-refractivity contribution in [2.45, 2.75) is 56.2 Å². The molecular weight excluding hydrogens is 419 g/mol. The minimum Gasteiger partial charge on any atom is -0.380 e. The largest absolute Gasteiger partial charge is 0.380 e. The lowest BCUT2D eigenvalue weighted by atomic mass is 9.85. The molecule has 0 bridgehead atoms. The van der Waals surface area contributed by atoms with Gasteiger partial charge in [-0.25, -0.2) is 17.5 Å². The van der Waals surface area contributed by atoms with E-state index >= 15 is 0 Å². The van der Waals surface area contributed by atoms with E-state index in [9.17, 15) is 17.6 Å². The van der Waals surface area contributed by atoms with Crippen molar-refractivity contribution in [1.82, 2.24) is 10.0 Å². The molecule has 0 aliphatic heterocycles. The summed E-state index contributed by atoms with van der Waals surface area (Å²) in [6.45, 7) is 2.29. The number of amides is 1. The van der Waals surface area contributed by atoms with Gasteiger partial charge in [0, 0.05) is 19.1 Å². The summed E-state index contributed by atoms with van der Waals surface area (Å²) in [6.07, 6.45) is 2.43. The Bertz CT molecular complexity index is 970. The van der Waals surface area contributed by atoms with Crippen LogP contribution in [0.4, 0.5) is 4.39 Å². The molecule has 8 heteroatoms. The average molecular weight is 449 g/mol. The van der Waals surface area contributed by atoms with Crippen LogP contribution in [-0.4, -0.2) is 27.5 Å². The summed E-state index contributed by atoms with van der Waals surface area (Å²) in [6, 6.07) is 12.3. The molecule has 1 aliphatic carbocycles. The molecule has 0 saturated heterocycles. The molecule has 1 fully saturated rings. The van der Waals surface area contributed by atoms with E-state index in [4.69, 9.17) is 4.74 Å². The summed E-state index contributed by atoms with van der Waals surface area (Å²) in [5.41, 5.74) is 1.75. The van der Waals surface area contributed by atoms with Crippen LogP contribution < -0.4 is 10.0 Å². The normalized spacial score (nSPS) is 20.2. The number of rotatable bonds is 8. The van der Waals surface area contributed by atoms with Crippen molar-refractivity contribution in [3.63, 3.8) is 0 Å². The summed E-state index contributed by atoms with van der Waals surface area (Å²) in [5, 5.41) is 2.98. The molecule has 1 saturated carbocycles. The molecule has 3 rings (SSSR count). The maximum absolute atomic E-state index is 13.1. The van der Waals surface area contributed by atoms with Gasteiger partial charge in [-0.2, -0.15) is 0 Å². The number of carbonyl (C=O) groups excluding carboxylic acids is 1. The molecule has 1 amide bonds. The van der Waals surface area contributed by atoms with Crippen LogP contribution in [0.2, 0.25) is 0 Å². The molecule has 2 aromatic rings. The molecule has 1 atom stereocenters. The highest BCUT2D eigenvalue weighted by atomic mass is 32.2. The Labute approximate surface area is 183 Å². The van der Waals surface area contributed by atoms with Gasteiger partial charge in [0.15, 0.2) is 0 Å². The lowest BCUT2D eigenvalue weighted by Crippen LogP contribution is -2.41. The number of halogens is 1. The number of hydrogen-bond acceptors (Lipinski definition) is 4. The Kier molecular flexibility index (Phi) is 7.80. The highest BCUT2D eigenvalue weighted by molar-refractivity contribution is 7.89. The number of ether oxygens (including phenoxy) is 1. The highest BCUT2D eigenvalue weighted by Gasteiger charge is 2.29. The number of nitrogens with one attached hydrogen (secondary N) is 2. The first-order valence-corrected chi connectivity index (χ1v) is 11.9. The van der Waals surface area contributed by atoms with Crippen LogP contribution in [0.5, 0.6) is 0 Å². The van der Waals surface area contributed by atoms with Crippen molar-refractivity contribution >= 4 is 15.9 Å². The standard InChI is InChI=1S/C23H29FN2O4S/c1-16(18-5-9-20(24)10-6-18)25-23(27)19-7-11-21(12-8-19)26-31(28,29)22-13-3-17(4-14-22)15-30-2/h3-6,9-10,13-14,16,19,21,26H,7-8,11-12,15H2,1-2H3,(H,25,27)/t16-,19-,21-/m1/s1. The monoisotopic (exact) mass is 448 g/mol. The second kappa shape index (κ2) is 10.3. The highest BCUT2D eigenvalue weighted by Crippen LogP contribution is 2.27. The first kappa shape index (κ1) is 23.4. The molecule has 168 valence electrons. The van der Waals surface area contributed by atoms with Gasteiger partial charge in [0.25, 0.3) is 0 Å². The van der Waals surface area contributed by atoms with Crippen molar-refractivity contribution in [3.05, 3.63) is 65.5 Å². The van der Waals surface area contributed by atoms with Crippen LogP contribution in [0.25, 0.3) is 0 Å². The van der Waals surface area contributed by atoms with E-state index in [2.05, 4.69) is 10.0 Å². The van der Waals surface area contributed by atoms with Crippen LogP contribution in [0.15, 0.2) is 53.4 Å². The van der Waals surface area contributed by atoms with Gasteiger partial charge in [-0.1, -0.05) is 24.3 Å². The van der Waals surface area contributed by atoms with Gasteiger partial charge in [-0.15, -0.1) is 0 Å². The van der Waals surface area contributed by atoms with Crippen LogP contribution in [0.1, 0.15) is 49.8 Å². The first-order valence-electron chi connectivity index (χ1n) is 10.4.